The van der Waals surface area contributed by atoms with E-state index in [1.807, 2.05) is 6.92 Å². The molecule has 1 N–H and O–H groups in total. The second-order valence-corrected chi connectivity index (χ2v) is 3.93. The van der Waals surface area contributed by atoms with Gasteiger partial charge in [-0.15, -0.1) is 0 Å². The number of nitro benzene ring substituents is 1. The number of rotatable bonds is 7. The minimum absolute atomic E-state index is 0.0233. The lowest BCUT2D eigenvalue weighted by atomic mass is 10.2. The van der Waals surface area contributed by atoms with Gasteiger partial charge in [0.15, 0.2) is 6.29 Å². The first-order valence-electron chi connectivity index (χ1n) is 5.60. The number of nitrogens with zero attached hydrogens (tertiary/aromatic N) is 1. The summed E-state index contributed by atoms with van der Waals surface area (Å²) in [5.74, 6) is 0. The van der Waals surface area contributed by atoms with E-state index in [1.54, 1.807) is 26.4 Å². The SMILES string of the molecule is COC(OC)C(C)NCc1ccc([N+](=O)[O-])cc1. The number of non-ortho nitro benzene ring substituents is 1. The monoisotopic (exact) mass is 254 g/mol. The van der Waals surface area contributed by atoms with Crippen LogP contribution in [0.25, 0.3) is 0 Å². The highest BCUT2D eigenvalue weighted by atomic mass is 16.7. The number of hydrogen-bond donors (Lipinski definition) is 1. The molecule has 1 rings (SSSR count). The van der Waals surface area contributed by atoms with Crippen LogP contribution in [0.15, 0.2) is 24.3 Å². The molecule has 1 aromatic rings. The number of nitro groups is 1. The minimum atomic E-state index is -0.411. The van der Waals surface area contributed by atoms with E-state index in [9.17, 15) is 10.1 Å². The van der Waals surface area contributed by atoms with Crippen LogP contribution in [0.1, 0.15) is 12.5 Å². The van der Waals surface area contributed by atoms with Crippen LogP contribution in [0.4, 0.5) is 5.69 Å². The molecule has 0 amide bonds. The first-order valence-corrected chi connectivity index (χ1v) is 5.60. The van der Waals surface area contributed by atoms with Gasteiger partial charge in [-0.2, -0.15) is 0 Å². The van der Waals surface area contributed by atoms with Crippen molar-refractivity contribution in [2.45, 2.75) is 25.8 Å². The minimum Gasteiger partial charge on any atom is -0.354 e. The Balaban J connectivity index is 2.50. The van der Waals surface area contributed by atoms with E-state index < -0.39 is 4.92 Å². The Morgan fingerprint density at radius 3 is 2.28 bits per heavy atom. The van der Waals surface area contributed by atoms with E-state index in [2.05, 4.69) is 5.32 Å². The molecule has 0 heterocycles. The molecule has 1 atom stereocenters. The molecule has 0 fully saturated rings. The molecule has 1 aromatic carbocycles. The maximum Gasteiger partial charge on any atom is 0.269 e. The predicted molar refractivity (Wildman–Crippen MR) is 67.2 cm³/mol. The molecule has 1 unspecified atom stereocenters. The lowest BCUT2D eigenvalue weighted by Gasteiger charge is -2.22. The van der Waals surface area contributed by atoms with E-state index in [-0.39, 0.29) is 18.0 Å². The van der Waals surface area contributed by atoms with Crippen molar-refractivity contribution in [3.63, 3.8) is 0 Å². The van der Waals surface area contributed by atoms with Gasteiger partial charge in [-0.3, -0.25) is 10.1 Å². The third kappa shape index (κ3) is 4.06. The Bertz CT molecular complexity index is 376. The van der Waals surface area contributed by atoms with Crippen LogP contribution in [0.3, 0.4) is 0 Å². The van der Waals surface area contributed by atoms with Gasteiger partial charge in [0.2, 0.25) is 0 Å². The highest BCUT2D eigenvalue weighted by molar-refractivity contribution is 5.32. The molecule has 100 valence electrons. The summed E-state index contributed by atoms with van der Waals surface area (Å²) in [4.78, 5) is 10.1. The van der Waals surface area contributed by atoms with Crippen molar-refractivity contribution in [1.29, 1.82) is 0 Å². The molecule has 0 aliphatic rings. The summed E-state index contributed by atoms with van der Waals surface area (Å²) in [5, 5.41) is 13.7. The third-order valence-electron chi connectivity index (χ3n) is 2.65. The molecule has 0 radical (unpaired) electrons. The van der Waals surface area contributed by atoms with Gasteiger partial charge in [-0.1, -0.05) is 12.1 Å². The van der Waals surface area contributed by atoms with E-state index in [0.29, 0.717) is 6.54 Å². The number of nitrogens with one attached hydrogen (secondary N) is 1. The first-order chi connectivity index (χ1) is 8.58. The van der Waals surface area contributed by atoms with Crippen molar-refractivity contribution in [1.82, 2.24) is 5.32 Å². The summed E-state index contributed by atoms with van der Waals surface area (Å²) >= 11 is 0. The average molecular weight is 254 g/mol. The molecule has 0 saturated heterocycles. The lowest BCUT2D eigenvalue weighted by Crippen LogP contribution is -2.39. The molecular formula is C12H18N2O4. The summed E-state index contributed by atoms with van der Waals surface area (Å²) in [7, 11) is 3.16. The summed E-state index contributed by atoms with van der Waals surface area (Å²) in [6.07, 6.45) is -0.317. The normalized spacial score (nSPS) is 12.7. The second-order valence-electron chi connectivity index (χ2n) is 3.93. The zero-order valence-corrected chi connectivity index (χ0v) is 10.8. The molecule has 0 aliphatic heterocycles. The standard InChI is InChI=1S/C12H18N2O4/c1-9(12(17-2)18-3)13-8-10-4-6-11(7-5-10)14(15)16/h4-7,9,12-13H,8H2,1-3H3. The molecule has 0 bridgehead atoms. The number of ether oxygens (including phenoxy) is 2. The molecule has 0 aliphatic carbocycles. The number of methoxy groups -OCH3 is 2. The number of hydrogen-bond acceptors (Lipinski definition) is 5. The fourth-order valence-corrected chi connectivity index (χ4v) is 1.62. The Kier molecular flexibility index (Phi) is 5.70. The van der Waals surface area contributed by atoms with Crippen LogP contribution in [0, 0.1) is 10.1 Å². The number of benzene rings is 1. The second kappa shape index (κ2) is 7.05. The van der Waals surface area contributed by atoms with Crippen LogP contribution in [-0.4, -0.2) is 31.5 Å². The van der Waals surface area contributed by atoms with Crippen molar-refractivity contribution in [3.05, 3.63) is 39.9 Å². The molecule has 0 spiro atoms. The quantitative estimate of drug-likeness (QED) is 0.455. The van der Waals surface area contributed by atoms with Crippen molar-refractivity contribution >= 4 is 5.69 Å². The van der Waals surface area contributed by atoms with Gasteiger partial charge in [-0.05, 0) is 12.5 Å². The molecule has 6 nitrogen and oxygen atoms in total. The summed E-state index contributed by atoms with van der Waals surface area (Å²) in [5.41, 5.74) is 1.07. The third-order valence-corrected chi connectivity index (χ3v) is 2.65. The van der Waals surface area contributed by atoms with Gasteiger partial charge in [0.1, 0.15) is 0 Å². The van der Waals surface area contributed by atoms with Crippen LogP contribution >= 0.6 is 0 Å². The smallest absolute Gasteiger partial charge is 0.269 e. The Morgan fingerprint density at radius 2 is 1.83 bits per heavy atom. The lowest BCUT2D eigenvalue weighted by molar-refractivity contribution is -0.384. The molecule has 18 heavy (non-hydrogen) atoms. The Morgan fingerprint density at radius 1 is 1.28 bits per heavy atom. The van der Waals surface area contributed by atoms with Gasteiger partial charge in [-0.25, -0.2) is 0 Å². The fraction of sp³-hybridized carbons (Fsp3) is 0.500. The fourth-order valence-electron chi connectivity index (χ4n) is 1.62. The summed E-state index contributed by atoms with van der Waals surface area (Å²) in [6.45, 7) is 2.55. The largest absolute Gasteiger partial charge is 0.354 e. The van der Waals surface area contributed by atoms with E-state index in [4.69, 9.17) is 9.47 Å². The molecule has 0 saturated carbocycles. The molecular weight excluding hydrogens is 236 g/mol. The molecule has 6 heteroatoms. The van der Waals surface area contributed by atoms with Gasteiger partial charge in [0, 0.05) is 32.9 Å². The van der Waals surface area contributed by atoms with Gasteiger partial charge >= 0.3 is 0 Å². The zero-order chi connectivity index (χ0) is 13.5. The Hall–Kier alpha value is -1.50. The van der Waals surface area contributed by atoms with Crippen LogP contribution in [-0.2, 0) is 16.0 Å². The maximum absolute atomic E-state index is 10.5. The van der Waals surface area contributed by atoms with Crippen molar-refractivity contribution in [3.8, 4) is 0 Å². The van der Waals surface area contributed by atoms with Gasteiger partial charge < -0.3 is 14.8 Å². The average Bonchev–Trinajstić information content (AvgIpc) is 2.38. The first kappa shape index (κ1) is 14.6. The van der Waals surface area contributed by atoms with Crippen molar-refractivity contribution in [2.75, 3.05) is 14.2 Å². The summed E-state index contributed by atoms with van der Waals surface area (Å²) in [6, 6.07) is 6.46. The highest BCUT2D eigenvalue weighted by Gasteiger charge is 2.14. The molecule has 0 aromatic heterocycles. The highest BCUT2D eigenvalue weighted by Crippen LogP contribution is 2.12. The zero-order valence-electron chi connectivity index (χ0n) is 10.8. The van der Waals surface area contributed by atoms with E-state index in [0.717, 1.165) is 5.56 Å². The van der Waals surface area contributed by atoms with Crippen LogP contribution < -0.4 is 5.32 Å². The van der Waals surface area contributed by atoms with Crippen LogP contribution in [0.5, 0.6) is 0 Å². The van der Waals surface area contributed by atoms with Gasteiger partial charge in [0.05, 0.1) is 11.0 Å². The van der Waals surface area contributed by atoms with Crippen LogP contribution in [0.2, 0.25) is 0 Å². The predicted octanol–water partition coefficient (Wildman–Crippen LogP) is 1.69. The van der Waals surface area contributed by atoms with Crippen molar-refractivity contribution in [2.24, 2.45) is 0 Å². The van der Waals surface area contributed by atoms with Crippen molar-refractivity contribution < 1.29 is 14.4 Å². The topological polar surface area (TPSA) is 73.6 Å². The van der Waals surface area contributed by atoms with Gasteiger partial charge in [0.25, 0.3) is 5.69 Å². The van der Waals surface area contributed by atoms with E-state index >= 15 is 0 Å². The maximum atomic E-state index is 10.5. The Labute approximate surface area is 106 Å². The van der Waals surface area contributed by atoms with E-state index in [1.165, 1.54) is 12.1 Å². The summed E-state index contributed by atoms with van der Waals surface area (Å²) < 4.78 is 10.3.